The number of benzene rings is 1. The molecule has 0 saturated heterocycles. The molecule has 5 unspecified atom stereocenters. The Morgan fingerprint density at radius 2 is 1.88 bits per heavy atom. The first-order valence-electron chi connectivity index (χ1n) is 5.65. The average molecular weight is 214 g/mol. The van der Waals surface area contributed by atoms with Crippen molar-refractivity contribution in [2.75, 3.05) is 0 Å². The molecule has 0 aliphatic heterocycles. The van der Waals surface area contributed by atoms with Crippen LogP contribution >= 0.6 is 0 Å². The summed E-state index contributed by atoms with van der Waals surface area (Å²) in [5, 5.41) is 9.70. The van der Waals surface area contributed by atoms with E-state index in [2.05, 4.69) is 18.7 Å². The topological polar surface area (TPSA) is 37.3 Å². The summed E-state index contributed by atoms with van der Waals surface area (Å²) < 4.78 is 0. The molecule has 1 aromatic carbocycles. The van der Waals surface area contributed by atoms with Gasteiger partial charge in [0.25, 0.3) is 0 Å². The van der Waals surface area contributed by atoms with Crippen LogP contribution in [0, 0.1) is 17.8 Å². The number of hydrogen-bond donors (Lipinski definition) is 1. The molecule has 1 aromatic rings. The molecule has 0 spiro atoms. The summed E-state index contributed by atoms with van der Waals surface area (Å²) in [5.74, 6) is 0.564. The Morgan fingerprint density at radius 3 is 2.50 bits per heavy atom. The average Bonchev–Trinajstić information content (AvgIpc) is 2.99. The van der Waals surface area contributed by atoms with Crippen LogP contribution in [0.4, 0.5) is 0 Å². The highest BCUT2D eigenvalue weighted by atomic mass is 16.3. The van der Waals surface area contributed by atoms with Gasteiger partial charge in [0.05, 0.1) is 0 Å². The molecular weight excluding hydrogens is 200 g/mol. The molecule has 82 valence electrons. The fraction of sp³-hybridized carbons (Fsp3) is 0.357. The van der Waals surface area contributed by atoms with Crippen LogP contribution in [0.15, 0.2) is 43.0 Å². The van der Waals surface area contributed by atoms with Crippen molar-refractivity contribution in [3.63, 3.8) is 0 Å². The van der Waals surface area contributed by atoms with E-state index < -0.39 is 6.10 Å². The second-order valence-electron chi connectivity index (χ2n) is 4.70. The van der Waals surface area contributed by atoms with Gasteiger partial charge < -0.3 is 5.11 Å². The molecule has 2 aliphatic rings. The van der Waals surface area contributed by atoms with E-state index >= 15 is 0 Å². The number of ketones is 1. The van der Waals surface area contributed by atoms with Crippen LogP contribution in [0.2, 0.25) is 0 Å². The van der Waals surface area contributed by atoms with Crippen LogP contribution in [-0.2, 0) is 4.79 Å². The predicted octanol–water partition coefficient (Wildman–Crippen LogP) is 1.76. The smallest absolute Gasteiger partial charge is 0.165 e. The first-order valence-corrected chi connectivity index (χ1v) is 5.65. The summed E-state index contributed by atoms with van der Waals surface area (Å²) in [7, 11) is 0. The predicted molar refractivity (Wildman–Crippen MR) is 60.9 cm³/mol. The molecular formula is C14H14O2. The molecule has 2 nitrogen and oxygen atoms in total. The largest absolute Gasteiger partial charge is 0.385 e. The molecule has 3 rings (SSSR count). The number of rotatable bonds is 2. The van der Waals surface area contributed by atoms with Crippen molar-refractivity contribution in [1.29, 1.82) is 0 Å². The van der Waals surface area contributed by atoms with Gasteiger partial charge in [-0.15, -0.1) is 6.58 Å². The number of fused-ring (bicyclic) bond motifs is 1. The minimum atomic E-state index is -0.813. The maximum atomic E-state index is 11.8. The Labute approximate surface area is 94.6 Å². The van der Waals surface area contributed by atoms with Gasteiger partial charge in [-0.25, -0.2) is 0 Å². The highest BCUT2D eigenvalue weighted by molar-refractivity contribution is 5.93. The van der Waals surface area contributed by atoms with Crippen LogP contribution in [0.25, 0.3) is 0 Å². The molecule has 0 heterocycles. The van der Waals surface area contributed by atoms with Crippen molar-refractivity contribution in [1.82, 2.24) is 0 Å². The first kappa shape index (κ1) is 9.79. The summed E-state index contributed by atoms with van der Waals surface area (Å²) in [6.07, 6.45) is 0.920. The molecule has 2 aliphatic carbocycles. The summed E-state index contributed by atoms with van der Waals surface area (Å²) >= 11 is 0. The van der Waals surface area contributed by atoms with Gasteiger partial charge in [-0.05, 0) is 17.4 Å². The van der Waals surface area contributed by atoms with Gasteiger partial charge in [0.1, 0.15) is 6.10 Å². The lowest BCUT2D eigenvalue weighted by Crippen LogP contribution is -2.25. The summed E-state index contributed by atoms with van der Waals surface area (Å²) in [6, 6.07) is 10.1. The quantitative estimate of drug-likeness (QED) is 0.762. The van der Waals surface area contributed by atoms with Crippen LogP contribution in [0.5, 0.6) is 0 Å². The normalized spacial score (nSPS) is 40.6. The third kappa shape index (κ3) is 1.14. The molecule has 0 radical (unpaired) electrons. The van der Waals surface area contributed by atoms with E-state index in [1.807, 2.05) is 18.2 Å². The second-order valence-corrected chi connectivity index (χ2v) is 4.70. The Hall–Kier alpha value is -1.41. The Morgan fingerprint density at radius 1 is 1.19 bits per heavy atom. The van der Waals surface area contributed by atoms with Crippen LogP contribution in [0.3, 0.4) is 0 Å². The van der Waals surface area contributed by atoms with E-state index in [1.54, 1.807) is 6.08 Å². The molecule has 1 N–H and O–H groups in total. The number of carbonyl (C=O) groups excluding carboxylic acids is 1. The Balaban J connectivity index is 1.90. The second kappa shape index (κ2) is 3.29. The van der Waals surface area contributed by atoms with Crippen molar-refractivity contribution < 1.29 is 9.90 Å². The van der Waals surface area contributed by atoms with Gasteiger partial charge in [-0.2, -0.15) is 0 Å². The highest BCUT2D eigenvalue weighted by Crippen LogP contribution is 2.64. The van der Waals surface area contributed by atoms with Gasteiger partial charge in [0.2, 0.25) is 0 Å². The Kier molecular flexibility index (Phi) is 2.01. The summed E-state index contributed by atoms with van der Waals surface area (Å²) in [4.78, 5) is 11.8. The summed E-state index contributed by atoms with van der Waals surface area (Å²) in [6.45, 7) is 3.72. The summed E-state index contributed by atoms with van der Waals surface area (Å²) in [5.41, 5.74) is 1.21. The van der Waals surface area contributed by atoms with Crippen molar-refractivity contribution in [2.24, 2.45) is 17.8 Å². The number of aliphatic hydroxyl groups is 1. The van der Waals surface area contributed by atoms with Gasteiger partial charge in [0, 0.05) is 11.8 Å². The van der Waals surface area contributed by atoms with E-state index in [9.17, 15) is 9.90 Å². The Bertz CT molecular complexity index is 437. The standard InChI is InChI=1S/C14H14O2/c1-2-9-11-10(8-6-4-3-5-7-8)12(11)14(16)13(9)15/h2-7,9-13,15H,1H2. The van der Waals surface area contributed by atoms with Crippen LogP contribution < -0.4 is 0 Å². The highest BCUT2D eigenvalue weighted by Gasteiger charge is 2.66. The molecule has 2 saturated carbocycles. The number of aliphatic hydroxyl groups excluding tert-OH is 1. The molecule has 16 heavy (non-hydrogen) atoms. The van der Waals surface area contributed by atoms with Crippen molar-refractivity contribution in [3.05, 3.63) is 48.6 Å². The van der Waals surface area contributed by atoms with Gasteiger partial charge >= 0.3 is 0 Å². The van der Waals surface area contributed by atoms with E-state index in [0.717, 1.165) is 0 Å². The third-order valence-corrected chi connectivity index (χ3v) is 3.96. The third-order valence-electron chi connectivity index (χ3n) is 3.96. The molecule has 2 heteroatoms. The fourth-order valence-electron chi connectivity index (χ4n) is 3.17. The number of hydrogen-bond acceptors (Lipinski definition) is 2. The van der Waals surface area contributed by atoms with Crippen molar-refractivity contribution >= 4 is 5.78 Å². The van der Waals surface area contributed by atoms with E-state index in [-0.39, 0.29) is 23.5 Å². The molecule has 0 bridgehead atoms. The zero-order valence-corrected chi connectivity index (χ0v) is 8.91. The van der Waals surface area contributed by atoms with E-state index in [0.29, 0.717) is 5.92 Å². The van der Waals surface area contributed by atoms with Gasteiger partial charge in [0.15, 0.2) is 5.78 Å². The maximum absolute atomic E-state index is 11.8. The molecule has 2 fully saturated rings. The minimum Gasteiger partial charge on any atom is -0.385 e. The molecule has 0 amide bonds. The SMILES string of the molecule is C=CC1C(O)C(=O)C2C(c3ccccc3)C12. The molecule has 0 aromatic heterocycles. The lowest BCUT2D eigenvalue weighted by Gasteiger charge is -2.14. The number of Topliss-reactive ketones (excluding diaryl/α,β-unsaturated/α-hetero) is 1. The lowest BCUT2D eigenvalue weighted by atomic mass is 9.93. The maximum Gasteiger partial charge on any atom is 0.165 e. The van der Waals surface area contributed by atoms with Crippen LogP contribution in [0.1, 0.15) is 11.5 Å². The van der Waals surface area contributed by atoms with Crippen molar-refractivity contribution in [2.45, 2.75) is 12.0 Å². The zero-order chi connectivity index (χ0) is 11.3. The zero-order valence-electron chi connectivity index (χ0n) is 8.91. The van der Waals surface area contributed by atoms with Gasteiger partial charge in [-0.3, -0.25) is 4.79 Å². The lowest BCUT2D eigenvalue weighted by molar-refractivity contribution is -0.127. The van der Waals surface area contributed by atoms with Gasteiger partial charge in [-0.1, -0.05) is 36.4 Å². The minimum absolute atomic E-state index is 0.00348. The first-order chi connectivity index (χ1) is 7.75. The number of carbonyl (C=O) groups is 1. The van der Waals surface area contributed by atoms with E-state index in [1.165, 1.54) is 5.56 Å². The molecule has 5 atom stereocenters. The van der Waals surface area contributed by atoms with Crippen molar-refractivity contribution in [3.8, 4) is 0 Å². The monoisotopic (exact) mass is 214 g/mol. The van der Waals surface area contributed by atoms with E-state index in [4.69, 9.17) is 0 Å². The van der Waals surface area contributed by atoms with Crippen LogP contribution in [-0.4, -0.2) is 17.0 Å². The fourth-order valence-corrected chi connectivity index (χ4v) is 3.17.